The molecule has 0 heterocycles. The summed E-state index contributed by atoms with van der Waals surface area (Å²) in [5.74, 6) is -0.186. The number of benzene rings is 2. The molecule has 2 rings (SSSR count). The molecule has 0 atom stereocenters. The van der Waals surface area contributed by atoms with Gasteiger partial charge in [-0.05, 0) is 41.8 Å². The number of nitrogens with zero attached hydrogens (tertiary/aromatic N) is 1. The quantitative estimate of drug-likeness (QED) is 0.853. The van der Waals surface area contributed by atoms with E-state index >= 15 is 0 Å². The molecule has 1 amide bonds. The van der Waals surface area contributed by atoms with E-state index in [1.165, 1.54) is 6.07 Å². The highest BCUT2D eigenvalue weighted by Gasteiger charge is 2.30. The lowest BCUT2D eigenvalue weighted by molar-refractivity contribution is -0.137. The van der Waals surface area contributed by atoms with Gasteiger partial charge >= 0.3 is 6.18 Å². The molecule has 0 aliphatic rings. The maximum Gasteiger partial charge on any atom is 0.416 e. The molecule has 0 fully saturated rings. The molecule has 25 heavy (non-hydrogen) atoms. The van der Waals surface area contributed by atoms with Gasteiger partial charge in [0.15, 0.2) is 0 Å². The number of hydrogen-bond donors (Lipinski definition) is 1. The van der Waals surface area contributed by atoms with Crippen molar-refractivity contribution in [3.63, 3.8) is 0 Å². The molecule has 0 saturated heterocycles. The highest BCUT2D eigenvalue weighted by Crippen LogP contribution is 2.29. The number of aryl methyl sites for hydroxylation is 1. The third-order valence-corrected chi connectivity index (χ3v) is 3.84. The van der Waals surface area contributed by atoms with Crippen molar-refractivity contribution in [3.8, 4) is 0 Å². The Morgan fingerprint density at radius 2 is 1.72 bits per heavy atom. The molecule has 0 radical (unpaired) electrons. The van der Waals surface area contributed by atoms with Crippen LogP contribution in [-0.2, 0) is 23.9 Å². The second-order valence-corrected chi connectivity index (χ2v) is 6.04. The van der Waals surface area contributed by atoms with Gasteiger partial charge in [0.25, 0.3) is 0 Å². The number of alkyl halides is 3. The van der Waals surface area contributed by atoms with Gasteiger partial charge in [-0.15, -0.1) is 0 Å². The van der Waals surface area contributed by atoms with Crippen molar-refractivity contribution >= 4 is 11.6 Å². The van der Waals surface area contributed by atoms with E-state index in [0.29, 0.717) is 18.4 Å². The van der Waals surface area contributed by atoms with Crippen LogP contribution in [0.4, 0.5) is 18.9 Å². The first kappa shape index (κ1) is 18.8. The minimum absolute atomic E-state index is 0.0856. The molecule has 0 bridgehead atoms. The summed E-state index contributed by atoms with van der Waals surface area (Å²) >= 11 is 0. The standard InChI is InChI=1S/C19H21F3N2O/c1-24(2)17-9-6-14(7-10-17)8-11-18(25)23-13-15-4-3-5-16(12-15)19(20,21)22/h3-7,9-10,12H,8,11,13H2,1-2H3,(H,23,25). The monoisotopic (exact) mass is 350 g/mol. The Labute approximate surface area is 145 Å². The highest BCUT2D eigenvalue weighted by molar-refractivity contribution is 5.76. The summed E-state index contributed by atoms with van der Waals surface area (Å²) in [6.07, 6.45) is -3.50. The van der Waals surface area contributed by atoms with Crippen LogP contribution >= 0.6 is 0 Å². The normalized spacial score (nSPS) is 11.2. The van der Waals surface area contributed by atoms with E-state index in [1.807, 2.05) is 43.3 Å². The van der Waals surface area contributed by atoms with Gasteiger partial charge in [-0.3, -0.25) is 4.79 Å². The maximum atomic E-state index is 12.7. The molecule has 0 aliphatic heterocycles. The topological polar surface area (TPSA) is 32.3 Å². The molecule has 134 valence electrons. The predicted octanol–water partition coefficient (Wildman–Crippen LogP) is 4.02. The molecular formula is C19H21F3N2O. The van der Waals surface area contributed by atoms with Crippen LogP contribution in [0.15, 0.2) is 48.5 Å². The molecule has 0 aromatic heterocycles. The van der Waals surface area contributed by atoms with Crippen LogP contribution < -0.4 is 10.2 Å². The van der Waals surface area contributed by atoms with Gasteiger partial charge in [0.1, 0.15) is 0 Å². The summed E-state index contributed by atoms with van der Waals surface area (Å²) in [6, 6.07) is 12.9. The van der Waals surface area contributed by atoms with Crippen LogP contribution in [0.3, 0.4) is 0 Å². The largest absolute Gasteiger partial charge is 0.416 e. The lowest BCUT2D eigenvalue weighted by Crippen LogP contribution is -2.23. The SMILES string of the molecule is CN(C)c1ccc(CCC(=O)NCc2cccc(C(F)(F)F)c2)cc1. The summed E-state index contributed by atoms with van der Waals surface area (Å²) in [4.78, 5) is 13.9. The zero-order valence-corrected chi connectivity index (χ0v) is 14.2. The summed E-state index contributed by atoms with van der Waals surface area (Å²) < 4.78 is 38.0. The van der Waals surface area contributed by atoms with Crippen molar-refractivity contribution in [2.24, 2.45) is 0 Å². The van der Waals surface area contributed by atoms with Gasteiger partial charge in [-0.25, -0.2) is 0 Å². The van der Waals surface area contributed by atoms with E-state index in [4.69, 9.17) is 0 Å². The number of nitrogens with one attached hydrogen (secondary N) is 1. The number of anilines is 1. The first-order chi connectivity index (χ1) is 11.8. The van der Waals surface area contributed by atoms with Crippen LogP contribution in [0.5, 0.6) is 0 Å². The summed E-state index contributed by atoms with van der Waals surface area (Å²) in [7, 11) is 3.91. The third kappa shape index (κ3) is 5.81. The fraction of sp³-hybridized carbons (Fsp3) is 0.316. The number of carbonyl (C=O) groups is 1. The van der Waals surface area contributed by atoms with Crippen molar-refractivity contribution in [3.05, 3.63) is 65.2 Å². The molecular weight excluding hydrogens is 329 g/mol. The Morgan fingerprint density at radius 3 is 2.32 bits per heavy atom. The molecule has 1 N–H and O–H groups in total. The minimum Gasteiger partial charge on any atom is -0.378 e. The fourth-order valence-electron chi connectivity index (χ4n) is 2.37. The number of carbonyl (C=O) groups excluding carboxylic acids is 1. The summed E-state index contributed by atoms with van der Waals surface area (Å²) in [5, 5.41) is 2.66. The molecule has 2 aromatic carbocycles. The van der Waals surface area contributed by atoms with Crippen molar-refractivity contribution in [1.29, 1.82) is 0 Å². The lowest BCUT2D eigenvalue weighted by Gasteiger charge is -2.12. The number of halogens is 3. The second kappa shape index (κ2) is 8.05. The Morgan fingerprint density at radius 1 is 1.04 bits per heavy atom. The molecule has 0 unspecified atom stereocenters. The molecule has 3 nitrogen and oxygen atoms in total. The molecule has 0 aliphatic carbocycles. The van der Waals surface area contributed by atoms with E-state index in [9.17, 15) is 18.0 Å². The Kier molecular flexibility index (Phi) is 6.07. The Hall–Kier alpha value is -2.50. The van der Waals surface area contributed by atoms with Crippen LogP contribution in [-0.4, -0.2) is 20.0 Å². The van der Waals surface area contributed by atoms with E-state index in [0.717, 1.165) is 23.4 Å². The zero-order chi connectivity index (χ0) is 18.4. The third-order valence-electron chi connectivity index (χ3n) is 3.84. The van der Waals surface area contributed by atoms with Crippen molar-refractivity contribution in [2.45, 2.75) is 25.6 Å². The number of amides is 1. The van der Waals surface area contributed by atoms with Crippen LogP contribution in [0.25, 0.3) is 0 Å². The van der Waals surface area contributed by atoms with E-state index in [1.54, 1.807) is 6.07 Å². The maximum absolute atomic E-state index is 12.7. The Bertz CT molecular complexity index is 709. The fourth-order valence-corrected chi connectivity index (χ4v) is 2.37. The minimum atomic E-state index is -4.38. The first-order valence-corrected chi connectivity index (χ1v) is 7.95. The Balaban J connectivity index is 1.83. The summed E-state index contributed by atoms with van der Waals surface area (Å²) in [6.45, 7) is 0.0856. The van der Waals surface area contributed by atoms with Crippen molar-refractivity contribution in [2.75, 3.05) is 19.0 Å². The van der Waals surface area contributed by atoms with Crippen LogP contribution in [0.1, 0.15) is 23.1 Å². The average Bonchev–Trinajstić information content (AvgIpc) is 2.58. The first-order valence-electron chi connectivity index (χ1n) is 7.95. The van der Waals surface area contributed by atoms with E-state index in [-0.39, 0.29) is 12.5 Å². The molecule has 6 heteroatoms. The zero-order valence-electron chi connectivity index (χ0n) is 14.2. The highest BCUT2D eigenvalue weighted by atomic mass is 19.4. The molecule has 0 spiro atoms. The number of hydrogen-bond acceptors (Lipinski definition) is 2. The van der Waals surface area contributed by atoms with E-state index in [2.05, 4.69) is 5.32 Å². The van der Waals surface area contributed by atoms with Gasteiger partial charge in [-0.2, -0.15) is 13.2 Å². The van der Waals surface area contributed by atoms with Gasteiger partial charge < -0.3 is 10.2 Å². The van der Waals surface area contributed by atoms with Crippen LogP contribution in [0.2, 0.25) is 0 Å². The van der Waals surface area contributed by atoms with Crippen LogP contribution in [0, 0.1) is 0 Å². The second-order valence-electron chi connectivity index (χ2n) is 6.04. The van der Waals surface area contributed by atoms with Gasteiger partial charge in [-0.1, -0.05) is 24.3 Å². The predicted molar refractivity (Wildman–Crippen MR) is 92.4 cm³/mol. The van der Waals surface area contributed by atoms with Gasteiger partial charge in [0.2, 0.25) is 5.91 Å². The van der Waals surface area contributed by atoms with Crippen molar-refractivity contribution < 1.29 is 18.0 Å². The molecule has 0 saturated carbocycles. The average molecular weight is 350 g/mol. The summed E-state index contributed by atoms with van der Waals surface area (Å²) in [5.41, 5.74) is 1.84. The molecule has 2 aromatic rings. The van der Waals surface area contributed by atoms with E-state index < -0.39 is 11.7 Å². The number of rotatable bonds is 6. The van der Waals surface area contributed by atoms with Gasteiger partial charge in [0.05, 0.1) is 5.56 Å². The van der Waals surface area contributed by atoms with Gasteiger partial charge in [0, 0.05) is 32.7 Å². The lowest BCUT2D eigenvalue weighted by atomic mass is 10.1. The van der Waals surface area contributed by atoms with Crippen molar-refractivity contribution in [1.82, 2.24) is 5.32 Å². The smallest absolute Gasteiger partial charge is 0.378 e.